The maximum atomic E-state index is 10.8. The number of aryl methyl sites for hydroxylation is 1. The number of nitrogens with zero attached hydrogens (tertiary/aromatic N) is 2. The van der Waals surface area contributed by atoms with E-state index in [-0.39, 0.29) is 5.69 Å². The second-order valence-corrected chi connectivity index (χ2v) is 4.94. The SMILES string of the molecule is Cc1ccc(CNc2ccc(Br)c([N+](=O)[O-])c2)cn1. The average Bonchev–Trinajstić information content (AvgIpc) is 2.39. The third kappa shape index (κ3) is 3.51. The number of nitrogens with one attached hydrogen (secondary N) is 1. The molecule has 0 fully saturated rings. The molecule has 0 spiro atoms. The first-order chi connectivity index (χ1) is 9.06. The molecule has 1 aromatic carbocycles. The van der Waals surface area contributed by atoms with Gasteiger partial charge in [-0.05, 0) is 46.6 Å². The van der Waals surface area contributed by atoms with Crippen molar-refractivity contribution < 1.29 is 4.92 Å². The minimum atomic E-state index is -0.414. The lowest BCUT2D eigenvalue weighted by Crippen LogP contribution is -2.01. The molecule has 0 bridgehead atoms. The quantitative estimate of drug-likeness (QED) is 0.689. The van der Waals surface area contributed by atoms with Crippen LogP contribution in [0, 0.1) is 17.0 Å². The summed E-state index contributed by atoms with van der Waals surface area (Å²) >= 11 is 3.16. The zero-order valence-corrected chi connectivity index (χ0v) is 11.8. The molecule has 0 aliphatic rings. The van der Waals surface area contributed by atoms with Crippen LogP contribution in [-0.2, 0) is 6.54 Å². The Hall–Kier alpha value is -1.95. The van der Waals surface area contributed by atoms with Gasteiger partial charge in [0.2, 0.25) is 0 Å². The van der Waals surface area contributed by atoms with Gasteiger partial charge in [-0.15, -0.1) is 0 Å². The van der Waals surface area contributed by atoms with Crippen molar-refractivity contribution in [3.8, 4) is 0 Å². The number of benzene rings is 1. The molecule has 0 aliphatic heterocycles. The predicted octanol–water partition coefficient (Wildman–Crippen LogP) is 3.67. The molecular formula is C13H12BrN3O2. The number of nitro benzene ring substituents is 1. The lowest BCUT2D eigenvalue weighted by atomic mass is 10.2. The van der Waals surface area contributed by atoms with E-state index in [2.05, 4.69) is 26.2 Å². The van der Waals surface area contributed by atoms with Crippen LogP contribution in [0.4, 0.5) is 11.4 Å². The number of anilines is 1. The van der Waals surface area contributed by atoms with Gasteiger partial charge >= 0.3 is 0 Å². The number of aromatic nitrogens is 1. The maximum Gasteiger partial charge on any atom is 0.285 e. The van der Waals surface area contributed by atoms with Crippen molar-refractivity contribution in [2.75, 3.05) is 5.32 Å². The molecule has 0 saturated heterocycles. The molecular weight excluding hydrogens is 310 g/mol. The summed E-state index contributed by atoms with van der Waals surface area (Å²) in [5, 5.41) is 14.0. The lowest BCUT2D eigenvalue weighted by Gasteiger charge is -2.07. The molecule has 1 aromatic heterocycles. The second kappa shape index (κ2) is 5.79. The number of rotatable bonds is 4. The third-order valence-electron chi connectivity index (χ3n) is 2.61. The van der Waals surface area contributed by atoms with E-state index in [0.29, 0.717) is 16.7 Å². The van der Waals surface area contributed by atoms with E-state index in [1.54, 1.807) is 18.3 Å². The van der Waals surface area contributed by atoms with Crippen molar-refractivity contribution in [1.82, 2.24) is 4.98 Å². The normalized spacial score (nSPS) is 10.2. The number of pyridine rings is 1. The van der Waals surface area contributed by atoms with Crippen molar-refractivity contribution in [2.24, 2.45) is 0 Å². The highest BCUT2D eigenvalue weighted by molar-refractivity contribution is 9.10. The van der Waals surface area contributed by atoms with Crippen molar-refractivity contribution in [3.63, 3.8) is 0 Å². The molecule has 0 radical (unpaired) electrons. The van der Waals surface area contributed by atoms with Crippen LogP contribution in [0.1, 0.15) is 11.3 Å². The summed E-state index contributed by atoms with van der Waals surface area (Å²) in [6.07, 6.45) is 1.79. The first-order valence-corrected chi connectivity index (χ1v) is 6.45. The topological polar surface area (TPSA) is 68.1 Å². The molecule has 0 saturated carbocycles. The van der Waals surface area contributed by atoms with Gasteiger partial charge < -0.3 is 5.32 Å². The number of hydrogen-bond acceptors (Lipinski definition) is 4. The van der Waals surface area contributed by atoms with Crippen LogP contribution in [0.3, 0.4) is 0 Å². The van der Waals surface area contributed by atoms with E-state index >= 15 is 0 Å². The van der Waals surface area contributed by atoms with Gasteiger partial charge in [-0.25, -0.2) is 0 Å². The highest BCUT2D eigenvalue weighted by atomic mass is 79.9. The lowest BCUT2D eigenvalue weighted by molar-refractivity contribution is -0.385. The fourth-order valence-corrected chi connectivity index (χ4v) is 1.96. The maximum absolute atomic E-state index is 10.8. The molecule has 5 nitrogen and oxygen atoms in total. The number of hydrogen-bond donors (Lipinski definition) is 1. The van der Waals surface area contributed by atoms with Crippen LogP contribution in [0.15, 0.2) is 41.0 Å². The Morgan fingerprint density at radius 2 is 2.16 bits per heavy atom. The van der Waals surface area contributed by atoms with Crippen LogP contribution in [0.5, 0.6) is 0 Å². The highest BCUT2D eigenvalue weighted by Crippen LogP contribution is 2.27. The van der Waals surface area contributed by atoms with Crippen molar-refractivity contribution in [2.45, 2.75) is 13.5 Å². The number of nitro groups is 1. The zero-order chi connectivity index (χ0) is 13.8. The summed E-state index contributed by atoms with van der Waals surface area (Å²) in [5.74, 6) is 0. The predicted molar refractivity (Wildman–Crippen MR) is 77.1 cm³/mol. The average molecular weight is 322 g/mol. The number of halogens is 1. The highest BCUT2D eigenvalue weighted by Gasteiger charge is 2.11. The minimum Gasteiger partial charge on any atom is -0.381 e. The van der Waals surface area contributed by atoms with Gasteiger partial charge in [0.25, 0.3) is 5.69 Å². The third-order valence-corrected chi connectivity index (χ3v) is 3.28. The van der Waals surface area contributed by atoms with Crippen molar-refractivity contribution >= 4 is 27.3 Å². The van der Waals surface area contributed by atoms with Gasteiger partial charge in [-0.1, -0.05) is 6.07 Å². The second-order valence-electron chi connectivity index (χ2n) is 4.08. The molecule has 0 atom stereocenters. The molecule has 0 unspecified atom stereocenters. The van der Waals surface area contributed by atoms with Crippen LogP contribution in [-0.4, -0.2) is 9.91 Å². The van der Waals surface area contributed by atoms with Crippen LogP contribution in [0.25, 0.3) is 0 Å². The first-order valence-electron chi connectivity index (χ1n) is 5.65. The largest absolute Gasteiger partial charge is 0.381 e. The molecule has 1 heterocycles. The van der Waals surface area contributed by atoms with Crippen LogP contribution in [0.2, 0.25) is 0 Å². The van der Waals surface area contributed by atoms with Gasteiger partial charge in [0, 0.05) is 30.2 Å². The Morgan fingerprint density at radius 3 is 2.79 bits per heavy atom. The van der Waals surface area contributed by atoms with Gasteiger partial charge in [0.15, 0.2) is 0 Å². The molecule has 98 valence electrons. The van der Waals surface area contributed by atoms with Crippen LogP contribution >= 0.6 is 15.9 Å². The van der Waals surface area contributed by atoms with E-state index in [1.807, 2.05) is 19.1 Å². The summed E-state index contributed by atoms with van der Waals surface area (Å²) in [4.78, 5) is 14.6. The molecule has 2 rings (SSSR count). The molecule has 0 amide bonds. The fraction of sp³-hybridized carbons (Fsp3) is 0.154. The van der Waals surface area contributed by atoms with Gasteiger partial charge in [0.1, 0.15) is 0 Å². The Kier molecular flexibility index (Phi) is 4.11. The summed E-state index contributed by atoms with van der Waals surface area (Å²) in [6, 6.07) is 8.86. The van der Waals surface area contributed by atoms with Gasteiger partial charge in [-0.3, -0.25) is 15.1 Å². The minimum absolute atomic E-state index is 0.0482. The Balaban J connectivity index is 2.09. The molecule has 19 heavy (non-hydrogen) atoms. The Labute approximate surface area is 119 Å². The van der Waals surface area contributed by atoms with E-state index in [0.717, 1.165) is 11.3 Å². The molecule has 6 heteroatoms. The zero-order valence-electron chi connectivity index (χ0n) is 10.3. The van der Waals surface area contributed by atoms with E-state index < -0.39 is 4.92 Å². The van der Waals surface area contributed by atoms with Crippen LogP contribution < -0.4 is 5.32 Å². The summed E-state index contributed by atoms with van der Waals surface area (Å²) in [5.41, 5.74) is 2.74. The molecule has 2 aromatic rings. The fourth-order valence-electron chi connectivity index (χ4n) is 1.57. The van der Waals surface area contributed by atoms with E-state index in [9.17, 15) is 10.1 Å². The smallest absolute Gasteiger partial charge is 0.285 e. The monoisotopic (exact) mass is 321 g/mol. The van der Waals surface area contributed by atoms with Crippen molar-refractivity contribution in [3.05, 3.63) is 62.4 Å². The standard InChI is InChI=1S/C13H12BrN3O2/c1-9-2-3-10(7-15-9)8-16-11-4-5-12(14)13(6-11)17(18)19/h2-7,16H,8H2,1H3. The van der Waals surface area contributed by atoms with Crippen molar-refractivity contribution in [1.29, 1.82) is 0 Å². The Morgan fingerprint density at radius 1 is 1.37 bits per heavy atom. The summed E-state index contributed by atoms with van der Waals surface area (Å²) in [7, 11) is 0. The molecule has 1 N–H and O–H groups in total. The van der Waals surface area contributed by atoms with E-state index in [1.165, 1.54) is 6.07 Å². The summed E-state index contributed by atoms with van der Waals surface area (Å²) < 4.78 is 0.472. The van der Waals surface area contributed by atoms with Gasteiger partial charge in [0.05, 0.1) is 9.40 Å². The first kappa shape index (κ1) is 13.5. The van der Waals surface area contributed by atoms with E-state index in [4.69, 9.17) is 0 Å². The molecule has 0 aliphatic carbocycles. The summed E-state index contributed by atoms with van der Waals surface area (Å²) in [6.45, 7) is 2.50. The van der Waals surface area contributed by atoms with Gasteiger partial charge in [-0.2, -0.15) is 0 Å². The Bertz CT molecular complexity index is 599.